The second-order valence-corrected chi connectivity index (χ2v) is 5.94. The van der Waals surface area contributed by atoms with Crippen molar-refractivity contribution in [2.45, 2.75) is 25.9 Å². The zero-order valence-electron chi connectivity index (χ0n) is 11.8. The van der Waals surface area contributed by atoms with Crippen molar-refractivity contribution in [2.24, 2.45) is 5.92 Å². The molecule has 1 fully saturated rings. The Labute approximate surface area is 124 Å². The van der Waals surface area contributed by atoms with Crippen LogP contribution < -0.4 is 5.32 Å². The number of hydrogen-bond donors (Lipinski definition) is 2. The van der Waals surface area contributed by atoms with Crippen LogP contribution in [0.25, 0.3) is 0 Å². The number of hydrogen-bond acceptors (Lipinski definition) is 3. The average Bonchev–Trinajstić information content (AvgIpc) is 2.46. The van der Waals surface area contributed by atoms with Crippen LogP contribution in [0.4, 0.5) is 0 Å². The van der Waals surface area contributed by atoms with Gasteiger partial charge in [-0.25, -0.2) is 0 Å². The van der Waals surface area contributed by atoms with Gasteiger partial charge in [-0.1, -0.05) is 37.6 Å². The van der Waals surface area contributed by atoms with Crippen molar-refractivity contribution in [3.8, 4) is 0 Å². The molecule has 1 heterocycles. The van der Waals surface area contributed by atoms with Gasteiger partial charge >= 0.3 is 0 Å². The molecule has 1 saturated heterocycles. The predicted octanol–water partition coefficient (Wildman–Crippen LogP) is 1.77. The van der Waals surface area contributed by atoms with Crippen molar-refractivity contribution in [3.05, 3.63) is 34.9 Å². The maximum atomic E-state index is 12.7. The summed E-state index contributed by atoms with van der Waals surface area (Å²) in [4.78, 5) is 14.4. The van der Waals surface area contributed by atoms with Gasteiger partial charge in [-0.15, -0.1) is 0 Å². The summed E-state index contributed by atoms with van der Waals surface area (Å²) in [5.41, 5.74) is 0.497. The van der Waals surface area contributed by atoms with E-state index in [1.54, 1.807) is 29.2 Å². The smallest absolute Gasteiger partial charge is 0.255 e. The van der Waals surface area contributed by atoms with Crippen LogP contribution in [0.5, 0.6) is 0 Å². The van der Waals surface area contributed by atoms with Crippen LogP contribution in [0.2, 0.25) is 5.02 Å². The van der Waals surface area contributed by atoms with Gasteiger partial charge in [-0.05, 0) is 18.1 Å². The highest BCUT2D eigenvalue weighted by atomic mass is 35.5. The number of nitrogens with one attached hydrogen (secondary N) is 1. The van der Waals surface area contributed by atoms with Gasteiger partial charge in [0.05, 0.1) is 23.2 Å². The lowest BCUT2D eigenvalue weighted by molar-refractivity contribution is 0.0434. The van der Waals surface area contributed by atoms with E-state index in [-0.39, 0.29) is 24.6 Å². The number of carbonyl (C=O) groups is 1. The Morgan fingerprint density at radius 3 is 2.80 bits per heavy atom. The van der Waals surface area contributed by atoms with Crippen molar-refractivity contribution in [1.29, 1.82) is 0 Å². The maximum absolute atomic E-state index is 12.7. The van der Waals surface area contributed by atoms with Crippen molar-refractivity contribution < 1.29 is 9.90 Å². The van der Waals surface area contributed by atoms with Gasteiger partial charge in [0.15, 0.2) is 0 Å². The fraction of sp³-hybridized carbons (Fsp3) is 0.533. The van der Waals surface area contributed by atoms with Gasteiger partial charge in [-0.3, -0.25) is 4.79 Å². The van der Waals surface area contributed by atoms with E-state index in [1.165, 1.54) is 0 Å². The number of benzene rings is 1. The zero-order chi connectivity index (χ0) is 14.7. The Morgan fingerprint density at radius 1 is 1.50 bits per heavy atom. The molecule has 0 radical (unpaired) electrons. The molecule has 2 N–H and O–H groups in total. The molecule has 1 aliphatic heterocycles. The molecule has 1 aromatic carbocycles. The summed E-state index contributed by atoms with van der Waals surface area (Å²) in [7, 11) is 0. The van der Waals surface area contributed by atoms with E-state index in [9.17, 15) is 9.90 Å². The predicted molar refractivity (Wildman–Crippen MR) is 80.0 cm³/mol. The van der Waals surface area contributed by atoms with Gasteiger partial charge in [0.1, 0.15) is 0 Å². The van der Waals surface area contributed by atoms with Crippen LogP contribution in [0.1, 0.15) is 24.2 Å². The minimum absolute atomic E-state index is 0.0476. The van der Waals surface area contributed by atoms with Crippen LogP contribution in [-0.2, 0) is 0 Å². The highest BCUT2D eigenvalue weighted by Crippen LogP contribution is 2.21. The molecule has 2 unspecified atom stereocenters. The first-order chi connectivity index (χ1) is 9.54. The molecule has 1 amide bonds. The van der Waals surface area contributed by atoms with Gasteiger partial charge < -0.3 is 15.3 Å². The molecule has 20 heavy (non-hydrogen) atoms. The fourth-order valence-corrected chi connectivity index (χ4v) is 2.69. The second-order valence-electron chi connectivity index (χ2n) is 5.53. The third-order valence-corrected chi connectivity index (χ3v) is 4.16. The molecule has 5 heteroatoms. The molecule has 1 aliphatic rings. The van der Waals surface area contributed by atoms with Crippen LogP contribution in [0.15, 0.2) is 24.3 Å². The maximum Gasteiger partial charge on any atom is 0.255 e. The summed E-state index contributed by atoms with van der Waals surface area (Å²) in [5.74, 6) is 0.318. The Morgan fingerprint density at radius 2 is 2.20 bits per heavy atom. The number of rotatable bonds is 3. The van der Waals surface area contributed by atoms with Crippen LogP contribution in [-0.4, -0.2) is 47.7 Å². The first kappa shape index (κ1) is 15.3. The monoisotopic (exact) mass is 296 g/mol. The standard InChI is InChI=1S/C15H21ClN2O2/c1-10(2)14-8-18(11(9-19)7-17-14)15(20)12-5-3-4-6-13(12)16/h3-6,10-11,14,17,19H,7-9H2,1-2H3. The molecule has 0 aliphatic carbocycles. The Bertz CT molecular complexity index is 479. The molecule has 4 nitrogen and oxygen atoms in total. The lowest BCUT2D eigenvalue weighted by atomic mass is 9.98. The molecular formula is C15H21ClN2O2. The van der Waals surface area contributed by atoms with Crippen molar-refractivity contribution in [1.82, 2.24) is 10.2 Å². The van der Waals surface area contributed by atoms with Gasteiger partial charge in [0, 0.05) is 19.1 Å². The number of piperazine rings is 1. The van der Waals surface area contributed by atoms with E-state index in [2.05, 4.69) is 19.2 Å². The molecule has 1 aromatic rings. The first-order valence-corrected chi connectivity index (χ1v) is 7.32. The quantitative estimate of drug-likeness (QED) is 0.894. The van der Waals surface area contributed by atoms with Crippen LogP contribution in [0, 0.1) is 5.92 Å². The normalized spacial score (nSPS) is 23.1. The summed E-state index contributed by atoms with van der Waals surface area (Å²) in [6.07, 6.45) is 0. The number of halogens is 1. The summed E-state index contributed by atoms with van der Waals surface area (Å²) in [5, 5.41) is 13.3. The highest BCUT2D eigenvalue weighted by molar-refractivity contribution is 6.33. The lowest BCUT2D eigenvalue weighted by Gasteiger charge is -2.41. The van der Waals surface area contributed by atoms with Crippen molar-refractivity contribution in [3.63, 3.8) is 0 Å². The molecule has 0 saturated carbocycles. The molecule has 2 rings (SSSR count). The number of amides is 1. The summed E-state index contributed by atoms with van der Waals surface area (Å²) in [6.45, 7) is 5.39. The number of aliphatic hydroxyl groups excluding tert-OH is 1. The topological polar surface area (TPSA) is 52.6 Å². The largest absolute Gasteiger partial charge is 0.394 e. The van der Waals surface area contributed by atoms with E-state index < -0.39 is 0 Å². The van der Waals surface area contributed by atoms with Crippen LogP contribution >= 0.6 is 11.6 Å². The molecular weight excluding hydrogens is 276 g/mol. The Hall–Kier alpha value is -1.10. The molecule has 0 aromatic heterocycles. The zero-order valence-corrected chi connectivity index (χ0v) is 12.6. The molecule has 2 atom stereocenters. The highest BCUT2D eigenvalue weighted by Gasteiger charge is 2.33. The second kappa shape index (κ2) is 6.57. The van der Waals surface area contributed by atoms with E-state index in [0.717, 1.165) is 0 Å². The summed E-state index contributed by atoms with van der Waals surface area (Å²) < 4.78 is 0. The minimum atomic E-state index is -0.200. The number of aliphatic hydroxyl groups is 1. The third kappa shape index (κ3) is 3.14. The first-order valence-electron chi connectivity index (χ1n) is 6.94. The minimum Gasteiger partial charge on any atom is -0.394 e. The van der Waals surface area contributed by atoms with Crippen LogP contribution in [0.3, 0.4) is 0 Å². The van der Waals surface area contributed by atoms with E-state index in [0.29, 0.717) is 29.6 Å². The fourth-order valence-electron chi connectivity index (χ4n) is 2.47. The molecule has 0 spiro atoms. The summed E-state index contributed by atoms with van der Waals surface area (Å²) in [6, 6.07) is 7.08. The summed E-state index contributed by atoms with van der Waals surface area (Å²) >= 11 is 6.10. The van der Waals surface area contributed by atoms with Crippen molar-refractivity contribution >= 4 is 17.5 Å². The van der Waals surface area contributed by atoms with Gasteiger partial charge in [0.25, 0.3) is 5.91 Å². The average molecular weight is 297 g/mol. The molecule has 110 valence electrons. The molecule has 0 bridgehead atoms. The van der Waals surface area contributed by atoms with E-state index >= 15 is 0 Å². The van der Waals surface area contributed by atoms with Gasteiger partial charge in [0.2, 0.25) is 0 Å². The number of carbonyl (C=O) groups excluding carboxylic acids is 1. The van der Waals surface area contributed by atoms with Crippen molar-refractivity contribution in [2.75, 3.05) is 19.7 Å². The Kier molecular flexibility index (Phi) is 5.02. The van der Waals surface area contributed by atoms with Gasteiger partial charge in [-0.2, -0.15) is 0 Å². The van der Waals surface area contributed by atoms with E-state index in [1.807, 2.05) is 0 Å². The Balaban J connectivity index is 2.23. The third-order valence-electron chi connectivity index (χ3n) is 3.83. The van der Waals surface area contributed by atoms with E-state index in [4.69, 9.17) is 11.6 Å². The SMILES string of the molecule is CC(C)C1CN(C(=O)c2ccccc2Cl)C(CO)CN1. The number of nitrogens with zero attached hydrogens (tertiary/aromatic N) is 1. The lowest BCUT2D eigenvalue weighted by Crippen LogP contribution is -2.60.